The number of alkyl halides is 1. The highest BCUT2D eigenvalue weighted by Crippen LogP contribution is 2.43. The van der Waals surface area contributed by atoms with Gasteiger partial charge in [0.25, 0.3) is 5.24 Å². The predicted molar refractivity (Wildman–Crippen MR) is 90.5 cm³/mol. The number of halogens is 1. The van der Waals surface area contributed by atoms with E-state index < -0.39 is 0 Å². The largest absolute Gasteiger partial charge is 0.327 e. The Kier molecular flexibility index (Phi) is 4.95. The third-order valence-corrected chi connectivity index (χ3v) is 6.31. The van der Waals surface area contributed by atoms with E-state index >= 15 is 0 Å². The molecule has 2 fully saturated rings. The molecule has 0 spiro atoms. The van der Waals surface area contributed by atoms with Gasteiger partial charge in [-0.05, 0) is 36.4 Å². The number of fused-ring (bicyclic) bond motifs is 1. The summed E-state index contributed by atoms with van der Waals surface area (Å²) in [5.41, 5.74) is 0. The first-order chi connectivity index (χ1) is 8.41. The van der Waals surface area contributed by atoms with Gasteiger partial charge in [0.1, 0.15) is 7.85 Å². The van der Waals surface area contributed by atoms with E-state index in [0.29, 0.717) is 25.9 Å². The van der Waals surface area contributed by atoms with E-state index in [2.05, 4.69) is 49.2 Å². The number of hydrogen-bond donors (Lipinski definition) is 0. The summed E-state index contributed by atoms with van der Waals surface area (Å²) in [5, 5.41) is 0.827. The molecule has 1 heterocycles. The maximum atomic E-state index is 12.2. The smallest absolute Gasteiger partial charge is 0.282 e. The molecule has 18 heavy (non-hydrogen) atoms. The second kappa shape index (κ2) is 5.94. The lowest BCUT2D eigenvalue weighted by Gasteiger charge is -2.32. The number of hydrogen-bond acceptors (Lipinski definition) is 2. The molecule has 1 amide bonds. The van der Waals surface area contributed by atoms with Gasteiger partial charge in [-0.25, -0.2) is 0 Å². The molecule has 102 valence electrons. The van der Waals surface area contributed by atoms with Crippen LogP contribution in [0.3, 0.4) is 0 Å². The van der Waals surface area contributed by atoms with Crippen LogP contribution in [-0.4, -0.2) is 38.6 Å². The van der Waals surface area contributed by atoms with Crippen molar-refractivity contribution in [2.45, 2.75) is 73.0 Å². The summed E-state index contributed by atoms with van der Waals surface area (Å²) in [6.07, 6.45) is 7.64. The third-order valence-electron chi connectivity index (χ3n) is 4.13. The average molecular weight is 379 g/mol. The number of carbonyl (C=O) groups is 1. The van der Waals surface area contributed by atoms with E-state index in [0.717, 1.165) is 0 Å². The van der Waals surface area contributed by atoms with Crippen LogP contribution in [0.1, 0.15) is 52.4 Å². The summed E-state index contributed by atoms with van der Waals surface area (Å²) in [7, 11) is 2.36. The van der Waals surface area contributed by atoms with Gasteiger partial charge in [0.05, 0.1) is 0 Å². The van der Waals surface area contributed by atoms with Crippen molar-refractivity contribution in [1.29, 1.82) is 0 Å². The van der Waals surface area contributed by atoms with Crippen molar-refractivity contribution >= 4 is 47.4 Å². The van der Waals surface area contributed by atoms with Crippen LogP contribution in [0, 0.1) is 0 Å². The zero-order valence-electron chi connectivity index (χ0n) is 11.6. The molecule has 0 radical (unpaired) electrons. The molecular weight excluding hydrogens is 356 g/mol. The number of carbonyl (C=O) groups excluding carboxylic acids is 1. The number of thioether (sulfide) groups is 1. The van der Waals surface area contributed by atoms with Crippen LogP contribution in [0.4, 0.5) is 4.79 Å². The van der Waals surface area contributed by atoms with Gasteiger partial charge in [-0.2, -0.15) is 0 Å². The van der Waals surface area contributed by atoms with E-state index in [1.165, 1.54) is 38.5 Å². The fraction of sp³-hybridized carbons (Fsp3) is 0.923. The van der Waals surface area contributed by atoms with Gasteiger partial charge >= 0.3 is 0 Å². The Morgan fingerprint density at radius 2 is 2.17 bits per heavy atom. The van der Waals surface area contributed by atoms with Crippen molar-refractivity contribution in [3.63, 3.8) is 0 Å². The summed E-state index contributed by atoms with van der Waals surface area (Å²) in [5.74, 6) is 0. The van der Waals surface area contributed by atoms with Crippen LogP contribution < -0.4 is 0 Å². The minimum absolute atomic E-state index is 0.313. The van der Waals surface area contributed by atoms with E-state index in [9.17, 15) is 4.79 Å². The van der Waals surface area contributed by atoms with Gasteiger partial charge in [0.2, 0.25) is 0 Å². The van der Waals surface area contributed by atoms with Gasteiger partial charge in [0, 0.05) is 17.3 Å². The zero-order valence-corrected chi connectivity index (χ0v) is 14.6. The molecule has 2 nitrogen and oxygen atoms in total. The van der Waals surface area contributed by atoms with Crippen LogP contribution in [0.2, 0.25) is 0 Å². The first kappa shape index (κ1) is 15.0. The molecule has 0 aromatic carbocycles. The number of amides is 1. The zero-order chi connectivity index (χ0) is 13.3. The Labute approximate surface area is 130 Å². The van der Waals surface area contributed by atoms with Crippen LogP contribution in [0.25, 0.3) is 0 Å². The predicted octanol–water partition coefficient (Wildman–Crippen LogP) is 3.42. The summed E-state index contributed by atoms with van der Waals surface area (Å²) in [6, 6.07) is 0.830. The molecule has 3 unspecified atom stereocenters. The fourth-order valence-corrected chi connectivity index (χ4v) is 5.98. The lowest BCUT2D eigenvalue weighted by Crippen LogP contribution is -2.42. The first-order valence-electron chi connectivity index (χ1n) is 7.08. The van der Waals surface area contributed by atoms with Crippen molar-refractivity contribution in [1.82, 2.24) is 4.90 Å². The summed E-state index contributed by atoms with van der Waals surface area (Å²) in [6.45, 7) is 4.30. The van der Waals surface area contributed by atoms with Crippen LogP contribution in [-0.2, 0) is 0 Å². The molecule has 5 heteroatoms. The highest BCUT2D eigenvalue weighted by Gasteiger charge is 2.44. The third kappa shape index (κ3) is 3.38. The van der Waals surface area contributed by atoms with E-state index in [4.69, 9.17) is 0 Å². The number of rotatable bonds is 1. The Hall–Kier alpha value is 0.615. The molecule has 0 N–H and O–H groups in total. The Morgan fingerprint density at radius 1 is 1.44 bits per heavy atom. The molecule has 2 rings (SSSR count). The molecule has 0 aromatic heterocycles. The van der Waals surface area contributed by atoms with E-state index in [1.807, 2.05) is 0 Å². The first-order valence-corrected chi connectivity index (χ1v) is 9.04. The van der Waals surface area contributed by atoms with Crippen LogP contribution >= 0.6 is 34.4 Å². The second-order valence-electron chi connectivity index (χ2n) is 6.21. The van der Waals surface area contributed by atoms with Crippen molar-refractivity contribution in [2.24, 2.45) is 0 Å². The minimum atomic E-state index is 0.313. The molecular formula is C13H23BINOS. The Balaban J connectivity index is 2.17. The molecule has 1 saturated carbocycles. The quantitative estimate of drug-likeness (QED) is 0.396. The van der Waals surface area contributed by atoms with Gasteiger partial charge < -0.3 is 4.90 Å². The van der Waals surface area contributed by atoms with Crippen molar-refractivity contribution < 1.29 is 4.79 Å². The highest BCUT2D eigenvalue weighted by atomic mass is 127. The maximum absolute atomic E-state index is 12.2. The Morgan fingerprint density at radius 3 is 2.83 bits per heavy atom. The normalized spacial score (nSPS) is 38.2. The second-order valence-corrected chi connectivity index (χ2v) is 10.0. The standard InChI is InChI=1S/C13H23BINOS/c1-9(2)16-10-6-4-3-5-7-13(14,15)8-11(10)18-12(16)17/h9-11H,3-8,14H2,1-2H3. The van der Waals surface area contributed by atoms with E-state index in [1.54, 1.807) is 11.8 Å². The minimum Gasteiger partial charge on any atom is -0.327 e. The molecule has 1 aliphatic heterocycles. The topological polar surface area (TPSA) is 20.3 Å². The molecule has 1 saturated heterocycles. The van der Waals surface area contributed by atoms with E-state index in [-0.39, 0.29) is 0 Å². The van der Waals surface area contributed by atoms with Crippen LogP contribution in [0.5, 0.6) is 0 Å². The lowest BCUT2D eigenvalue weighted by molar-refractivity contribution is 0.177. The van der Waals surface area contributed by atoms with Gasteiger partial charge in [0.15, 0.2) is 0 Å². The van der Waals surface area contributed by atoms with Crippen molar-refractivity contribution in [3.8, 4) is 0 Å². The summed E-state index contributed by atoms with van der Waals surface area (Å²) >= 11 is 4.22. The van der Waals surface area contributed by atoms with Gasteiger partial charge in [-0.1, -0.05) is 53.6 Å². The van der Waals surface area contributed by atoms with Gasteiger partial charge in [-0.15, -0.1) is 0 Å². The molecule has 1 aliphatic carbocycles. The summed E-state index contributed by atoms with van der Waals surface area (Å²) in [4.78, 5) is 14.3. The Bertz CT molecular complexity index is 324. The molecule has 3 atom stereocenters. The van der Waals surface area contributed by atoms with Crippen molar-refractivity contribution in [3.05, 3.63) is 0 Å². The highest BCUT2D eigenvalue weighted by molar-refractivity contribution is 14.1. The molecule has 2 aliphatic rings. The van der Waals surface area contributed by atoms with Crippen molar-refractivity contribution in [2.75, 3.05) is 0 Å². The molecule has 0 aromatic rings. The summed E-state index contributed by atoms with van der Waals surface area (Å²) < 4.78 is 0.366. The monoisotopic (exact) mass is 379 g/mol. The van der Waals surface area contributed by atoms with Crippen LogP contribution in [0.15, 0.2) is 0 Å². The average Bonchev–Trinajstić information content (AvgIpc) is 2.54. The number of nitrogens with zero attached hydrogens (tertiary/aromatic N) is 1. The SMILES string of the molecule is BC1(I)CCCCCC2C(C1)SC(=O)N2C(C)C. The fourth-order valence-electron chi connectivity index (χ4n) is 3.23. The molecule has 0 bridgehead atoms. The van der Waals surface area contributed by atoms with Gasteiger partial charge in [-0.3, -0.25) is 4.79 Å². The maximum Gasteiger partial charge on any atom is 0.282 e. The lowest BCUT2D eigenvalue weighted by atomic mass is 9.79.